The number of aryl methyl sites for hydroxylation is 1. The number of hydrogen-bond donors (Lipinski definition) is 1. The van der Waals surface area contributed by atoms with Gasteiger partial charge in [-0.15, -0.1) is 0 Å². The molecule has 0 fully saturated rings. The Morgan fingerprint density at radius 1 is 1.42 bits per heavy atom. The van der Waals surface area contributed by atoms with Gasteiger partial charge in [0.05, 0.1) is 24.0 Å². The van der Waals surface area contributed by atoms with Crippen molar-refractivity contribution in [2.45, 2.75) is 13.8 Å². The first-order chi connectivity index (χ1) is 11.5. The van der Waals surface area contributed by atoms with E-state index in [9.17, 15) is 9.59 Å². The number of fused-ring (bicyclic) bond motifs is 1. The maximum Gasteiger partial charge on any atom is 0.515 e. The van der Waals surface area contributed by atoms with E-state index in [0.717, 1.165) is 0 Å². The Morgan fingerprint density at radius 2 is 2.21 bits per heavy atom. The van der Waals surface area contributed by atoms with Crippen LogP contribution in [0.2, 0.25) is 5.02 Å². The third-order valence-corrected chi connectivity index (χ3v) is 3.69. The molecule has 3 rings (SSSR count). The second-order valence-electron chi connectivity index (χ2n) is 4.96. The molecule has 0 amide bonds. The molecule has 2 heterocycles. The van der Waals surface area contributed by atoms with Crippen LogP contribution in [0, 0.1) is 6.92 Å². The van der Waals surface area contributed by atoms with Gasteiger partial charge in [0.2, 0.25) is 5.88 Å². The van der Waals surface area contributed by atoms with Gasteiger partial charge in [-0.05, 0) is 32.0 Å². The van der Waals surface area contributed by atoms with Crippen LogP contribution in [0.25, 0.3) is 16.7 Å². The number of H-pyrrole nitrogens is 1. The predicted octanol–water partition coefficient (Wildman–Crippen LogP) is 3.21. The monoisotopic (exact) mass is 347 g/mol. The van der Waals surface area contributed by atoms with E-state index in [1.807, 2.05) is 0 Å². The molecule has 0 saturated carbocycles. The number of hydrogen-bond acceptors (Lipinski definition) is 5. The molecule has 0 spiro atoms. The summed E-state index contributed by atoms with van der Waals surface area (Å²) in [5, 5.41) is 0.829. The summed E-state index contributed by atoms with van der Waals surface area (Å²) in [7, 11) is 0. The van der Waals surface area contributed by atoms with E-state index in [1.165, 1.54) is 6.33 Å². The SMILES string of the molecule is CCOC(=O)Oc1c(C)c2c(=O)[nH]cnc2n1-c1cccc(Cl)c1. The van der Waals surface area contributed by atoms with E-state index >= 15 is 0 Å². The van der Waals surface area contributed by atoms with E-state index in [4.69, 9.17) is 21.1 Å². The molecule has 0 atom stereocenters. The van der Waals surface area contributed by atoms with Gasteiger partial charge >= 0.3 is 6.16 Å². The highest BCUT2D eigenvalue weighted by Crippen LogP contribution is 2.32. The lowest BCUT2D eigenvalue weighted by molar-refractivity contribution is 0.102. The Morgan fingerprint density at radius 3 is 2.92 bits per heavy atom. The summed E-state index contributed by atoms with van der Waals surface area (Å²) in [4.78, 5) is 30.7. The third-order valence-electron chi connectivity index (χ3n) is 3.45. The molecule has 0 bridgehead atoms. The normalized spacial score (nSPS) is 10.8. The van der Waals surface area contributed by atoms with Crippen molar-refractivity contribution in [2.75, 3.05) is 6.61 Å². The number of nitrogens with zero attached hydrogens (tertiary/aromatic N) is 2. The second-order valence-corrected chi connectivity index (χ2v) is 5.40. The number of rotatable bonds is 3. The standard InChI is InChI=1S/C16H14ClN3O4/c1-3-23-16(22)24-15-9(2)12-13(18-8-19-14(12)21)20(15)11-6-4-5-10(17)7-11/h4-8H,3H2,1-2H3,(H,18,19,21). The van der Waals surface area contributed by atoms with Gasteiger partial charge in [-0.2, -0.15) is 0 Å². The van der Waals surface area contributed by atoms with Crippen molar-refractivity contribution in [1.29, 1.82) is 0 Å². The summed E-state index contributed by atoms with van der Waals surface area (Å²) in [6.07, 6.45) is 0.433. The Labute approximate surface area is 141 Å². The van der Waals surface area contributed by atoms with Crippen molar-refractivity contribution in [2.24, 2.45) is 0 Å². The van der Waals surface area contributed by atoms with Crippen LogP contribution in [0.3, 0.4) is 0 Å². The fraction of sp³-hybridized carbons (Fsp3) is 0.188. The van der Waals surface area contributed by atoms with Gasteiger partial charge < -0.3 is 14.5 Å². The van der Waals surface area contributed by atoms with Crippen molar-refractivity contribution in [1.82, 2.24) is 14.5 Å². The van der Waals surface area contributed by atoms with Crippen LogP contribution < -0.4 is 10.3 Å². The van der Waals surface area contributed by atoms with Crippen LogP contribution >= 0.6 is 11.6 Å². The number of ether oxygens (including phenoxy) is 2. The first kappa shape index (κ1) is 16.1. The lowest BCUT2D eigenvalue weighted by Crippen LogP contribution is -2.13. The summed E-state index contributed by atoms with van der Waals surface area (Å²) in [6, 6.07) is 6.92. The largest absolute Gasteiger partial charge is 0.515 e. The molecule has 1 aromatic carbocycles. The lowest BCUT2D eigenvalue weighted by atomic mass is 10.3. The Bertz CT molecular complexity index is 977. The van der Waals surface area contributed by atoms with Crippen LogP contribution in [0.1, 0.15) is 12.5 Å². The second kappa shape index (κ2) is 6.37. The van der Waals surface area contributed by atoms with Crippen molar-refractivity contribution < 1.29 is 14.3 Å². The number of aromatic nitrogens is 3. The van der Waals surface area contributed by atoms with Crippen LogP contribution in [0.4, 0.5) is 4.79 Å². The van der Waals surface area contributed by atoms with Gasteiger partial charge in [0.25, 0.3) is 5.56 Å². The number of halogens is 1. The molecule has 7 nitrogen and oxygen atoms in total. The average Bonchev–Trinajstić information content (AvgIpc) is 2.81. The molecule has 0 unspecified atom stereocenters. The smallest absolute Gasteiger partial charge is 0.434 e. The molecule has 0 radical (unpaired) electrons. The molecule has 0 aliphatic rings. The number of carbonyl (C=O) groups is 1. The summed E-state index contributed by atoms with van der Waals surface area (Å²) >= 11 is 6.06. The molecule has 124 valence electrons. The van der Waals surface area contributed by atoms with E-state index < -0.39 is 6.16 Å². The Hall–Kier alpha value is -2.80. The zero-order valence-electron chi connectivity index (χ0n) is 13.0. The van der Waals surface area contributed by atoms with E-state index in [1.54, 1.807) is 42.7 Å². The van der Waals surface area contributed by atoms with Gasteiger partial charge in [-0.3, -0.25) is 9.36 Å². The van der Waals surface area contributed by atoms with Crippen molar-refractivity contribution in [3.8, 4) is 11.6 Å². The summed E-state index contributed by atoms with van der Waals surface area (Å²) in [5.41, 5.74) is 1.12. The molecular weight excluding hydrogens is 334 g/mol. The fourth-order valence-corrected chi connectivity index (χ4v) is 2.66. The topological polar surface area (TPSA) is 86.2 Å². The van der Waals surface area contributed by atoms with Crippen molar-refractivity contribution in [3.05, 3.63) is 51.5 Å². The van der Waals surface area contributed by atoms with Gasteiger partial charge in [-0.1, -0.05) is 17.7 Å². The van der Waals surface area contributed by atoms with Crippen LogP contribution in [0.15, 0.2) is 35.4 Å². The summed E-state index contributed by atoms with van der Waals surface area (Å²) < 4.78 is 11.7. The van der Waals surface area contributed by atoms with E-state index in [-0.39, 0.29) is 18.0 Å². The lowest BCUT2D eigenvalue weighted by Gasteiger charge is -2.11. The highest BCUT2D eigenvalue weighted by molar-refractivity contribution is 6.30. The van der Waals surface area contributed by atoms with Crippen LogP contribution in [-0.2, 0) is 4.74 Å². The molecule has 3 aromatic rings. The van der Waals surface area contributed by atoms with Crippen molar-refractivity contribution >= 4 is 28.8 Å². The predicted molar refractivity (Wildman–Crippen MR) is 89.1 cm³/mol. The minimum absolute atomic E-state index is 0.162. The summed E-state index contributed by atoms with van der Waals surface area (Å²) in [6.45, 7) is 3.52. The molecule has 0 aliphatic heterocycles. The van der Waals surface area contributed by atoms with E-state index in [0.29, 0.717) is 27.3 Å². The highest BCUT2D eigenvalue weighted by Gasteiger charge is 2.23. The first-order valence-corrected chi connectivity index (χ1v) is 7.60. The van der Waals surface area contributed by atoms with Crippen molar-refractivity contribution in [3.63, 3.8) is 0 Å². The number of aromatic amines is 1. The van der Waals surface area contributed by atoms with Gasteiger partial charge in [0.1, 0.15) is 0 Å². The molecular formula is C16H14ClN3O4. The number of benzene rings is 1. The Balaban J connectivity index is 2.30. The maximum atomic E-state index is 12.2. The van der Waals surface area contributed by atoms with E-state index in [2.05, 4.69) is 9.97 Å². The quantitative estimate of drug-likeness (QED) is 0.735. The molecule has 0 aliphatic carbocycles. The Kier molecular flexibility index (Phi) is 4.26. The fourth-order valence-electron chi connectivity index (χ4n) is 2.47. The number of nitrogens with one attached hydrogen (secondary N) is 1. The highest BCUT2D eigenvalue weighted by atomic mass is 35.5. The molecule has 8 heteroatoms. The zero-order valence-corrected chi connectivity index (χ0v) is 13.8. The number of carbonyl (C=O) groups excluding carboxylic acids is 1. The van der Waals surface area contributed by atoms with Gasteiger partial charge in [0.15, 0.2) is 5.65 Å². The molecule has 1 N–H and O–H groups in total. The van der Waals surface area contributed by atoms with Crippen LogP contribution in [-0.4, -0.2) is 27.3 Å². The first-order valence-electron chi connectivity index (χ1n) is 7.22. The van der Waals surface area contributed by atoms with Crippen LogP contribution in [0.5, 0.6) is 5.88 Å². The minimum atomic E-state index is -0.858. The molecule has 24 heavy (non-hydrogen) atoms. The zero-order chi connectivity index (χ0) is 17.3. The molecule has 0 saturated heterocycles. The van der Waals surface area contributed by atoms with Gasteiger partial charge in [-0.25, -0.2) is 9.78 Å². The molecule has 2 aromatic heterocycles. The van der Waals surface area contributed by atoms with Gasteiger partial charge in [0, 0.05) is 10.6 Å². The maximum absolute atomic E-state index is 12.2. The minimum Gasteiger partial charge on any atom is -0.434 e. The average molecular weight is 348 g/mol. The third kappa shape index (κ3) is 2.74. The summed E-state index contributed by atoms with van der Waals surface area (Å²) in [5.74, 6) is 0.162.